The molecule has 0 radical (unpaired) electrons. The van der Waals surface area contributed by atoms with Crippen molar-refractivity contribution in [3.8, 4) is 0 Å². The van der Waals surface area contributed by atoms with Crippen molar-refractivity contribution in [2.45, 2.75) is 5.92 Å². The van der Waals surface area contributed by atoms with Gasteiger partial charge < -0.3 is 4.57 Å². The fourth-order valence-electron chi connectivity index (χ4n) is 5.33. The number of fused-ring (bicyclic) bond motifs is 9. The standard InChI is InChI=1S/C27H19N3/c1-29-22-13-7-5-11-18(22)19-15-16-21-24-20-12-6-8-14-23(20)30(17-9-3-2-4-10-17)27(24)28-25(21)26(19)29/h2-16,24H,1H3. The van der Waals surface area contributed by atoms with Gasteiger partial charge in [0.25, 0.3) is 0 Å². The van der Waals surface area contributed by atoms with E-state index in [1.165, 1.54) is 38.6 Å². The molecular formula is C27H19N3. The molecule has 0 aliphatic carbocycles. The lowest BCUT2D eigenvalue weighted by Crippen LogP contribution is -2.22. The zero-order valence-corrected chi connectivity index (χ0v) is 16.6. The van der Waals surface area contributed by atoms with Crippen LogP contribution in [0.4, 0.5) is 17.1 Å². The van der Waals surface area contributed by atoms with Crippen molar-refractivity contribution in [1.82, 2.24) is 4.57 Å². The Kier molecular flexibility index (Phi) is 2.99. The molecule has 3 heterocycles. The van der Waals surface area contributed by atoms with Crippen LogP contribution < -0.4 is 4.90 Å². The minimum Gasteiger partial charge on any atom is -0.342 e. The first-order chi connectivity index (χ1) is 14.8. The Balaban J connectivity index is 1.56. The van der Waals surface area contributed by atoms with E-state index in [-0.39, 0.29) is 5.92 Å². The fourth-order valence-corrected chi connectivity index (χ4v) is 5.33. The average molecular weight is 385 g/mol. The first-order valence-corrected chi connectivity index (χ1v) is 10.4. The van der Waals surface area contributed by atoms with E-state index < -0.39 is 0 Å². The second-order valence-corrected chi connectivity index (χ2v) is 8.11. The highest BCUT2D eigenvalue weighted by atomic mass is 15.2. The second kappa shape index (κ2) is 5.61. The van der Waals surface area contributed by atoms with Crippen molar-refractivity contribution in [3.05, 3.63) is 102 Å². The van der Waals surface area contributed by atoms with Crippen LogP contribution in [0.1, 0.15) is 17.0 Å². The van der Waals surface area contributed by atoms with Gasteiger partial charge in [-0.15, -0.1) is 0 Å². The van der Waals surface area contributed by atoms with Crippen molar-refractivity contribution in [2.24, 2.45) is 12.0 Å². The van der Waals surface area contributed by atoms with Crippen LogP contribution in [0.3, 0.4) is 0 Å². The number of aromatic nitrogens is 1. The summed E-state index contributed by atoms with van der Waals surface area (Å²) in [7, 11) is 2.15. The zero-order valence-electron chi connectivity index (χ0n) is 16.6. The van der Waals surface area contributed by atoms with E-state index in [0.717, 1.165) is 17.2 Å². The van der Waals surface area contributed by atoms with Crippen molar-refractivity contribution < 1.29 is 0 Å². The molecule has 2 aliphatic rings. The Labute approximate surface area is 174 Å². The first-order valence-electron chi connectivity index (χ1n) is 10.4. The number of benzene rings is 4. The minimum absolute atomic E-state index is 0.179. The summed E-state index contributed by atoms with van der Waals surface area (Å²) in [5.41, 5.74) is 8.61. The van der Waals surface area contributed by atoms with E-state index in [1.54, 1.807) is 0 Å². The zero-order chi connectivity index (χ0) is 19.8. The summed E-state index contributed by atoms with van der Waals surface area (Å²) in [5, 5.41) is 2.56. The number of amidine groups is 1. The van der Waals surface area contributed by atoms with Gasteiger partial charge in [0.1, 0.15) is 5.84 Å². The highest BCUT2D eigenvalue weighted by Crippen LogP contribution is 2.53. The summed E-state index contributed by atoms with van der Waals surface area (Å²) < 4.78 is 2.30. The van der Waals surface area contributed by atoms with Gasteiger partial charge in [0.2, 0.25) is 0 Å². The van der Waals surface area contributed by atoms with Gasteiger partial charge in [-0.05, 0) is 35.4 Å². The molecule has 1 atom stereocenters. The topological polar surface area (TPSA) is 20.5 Å². The predicted octanol–water partition coefficient (Wildman–Crippen LogP) is 6.66. The van der Waals surface area contributed by atoms with E-state index >= 15 is 0 Å². The van der Waals surface area contributed by atoms with Gasteiger partial charge in [-0.25, -0.2) is 4.99 Å². The third-order valence-corrected chi connectivity index (χ3v) is 6.60. The number of hydrogen-bond acceptors (Lipinski definition) is 2. The first kappa shape index (κ1) is 16.0. The quantitative estimate of drug-likeness (QED) is 0.316. The number of hydrogen-bond donors (Lipinski definition) is 0. The van der Waals surface area contributed by atoms with E-state index in [0.29, 0.717) is 0 Å². The summed E-state index contributed by atoms with van der Waals surface area (Å²) in [4.78, 5) is 7.62. The van der Waals surface area contributed by atoms with E-state index in [9.17, 15) is 0 Å². The minimum atomic E-state index is 0.179. The van der Waals surface area contributed by atoms with Gasteiger partial charge in [0, 0.05) is 29.0 Å². The normalized spacial score (nSPS) is 16.6. The van der Waals surface area contributed by atoms with Gasteiger partial charge in [-0.2, -0.15) is 0 Å². The fraction of sp³-hybridized carbons (Fsp3) is 0.0741. The molecule has 1 aromatic heterocycles. The molecule has 7 rings (SSSR count). The lowest BCUT2D eigenvalue weighted by Gasteiger charge is -2.20. The van der Waals surface area contributed by atoms with Gasteiger partial charge in [0.05, 0.1) is 22.8 Å². The Hall–Kier alpha value is -3.85. The highest BCUT2D eigenvalue weighted by Gasteiger charge is 2.42. The number of aliphatic imine (C=N–C) groups is 1. The molecular weight excluding hydrogens is 366 g/mol. The maximum atomic E-state index is 5.29. The molecule has 1 unspecified atom stereocenters. The van der Waals surface area contributed by atoms with Crippen molar-refractivity contribution >= 4 is 44.7 Å². The smallest absolute Gasteiger partial charge is 0.126 e. The van der Waals surface area contributed by atoms with Crippen molar-refractivity contribution in [2.75, 3.05) is 4.90 Å². The number of para-hydroxylation sites is 3. The number of nitrogens with zero attached hydrogens (tertiary/aromatic N) is 3. The lowest BCUT2D eigenvalue weighted by molar-refractivity contribution is 1.01. The molecule has 0 fully saturated rings. The lowest BCUT2D eigenvalue weighted by atomic mass is 9.92. The number of anilines is 2. The van der Waals surface area contributed by atoms with Crippen LogP contribution >= 0.6 is 0 Å². The highest BCUT2D eigenvalue weighted by molar-refractivity contribution is 6.22. The number of rotatable bonds is 1. The van der Waals surface area contributed by atoms with E-state index in [1.807, 2.05) is 0 Å². The molecule has 0 amide bonds. The Morgan fingerprint density at radius 3 is 2.37 bits per heavy atom. The monoisotopic (exact) mass is 385 g/mol. The molecule has 0 bridgehead atoms. The van der Waals surface area contributed by atoms with Crippen LogP contribution in [0.25, 0.3) is 21.8 Å². The molecule has 5 aromatic rings. The van der Waals surface area contributed by atoms with Gasteiger partial charge in [-0.1, -0.05) is 66.7 Å². The van der Waals surface area contributed by atoms with Crippen LogP contribution in [0.2, 0.25) is 0 Å². The molecule has 142 valence electrons. The maximum absolute atomic E-state index is 5.29. The second-order valence-electron chi connectivity index (χ2n) is 8.11. The molecule has 2 aliphatic heterocycles. The van der Waals surface area contributed by atoms with Crippen LogP contribution in [0.5, 0.6) is 0 Å². The predicted molar refractivity (Wildman–Crippen MR) is 124 cm³/mol. The molecule has 4 aromatic carbocycles. The van der Waals surface area contributed by atoms with E-state index in [2.05, 4.69) is 108 Å². The van der Waals surface area contributed by atoms with Crippen LogP contribution in [-0.2, 0) is 7.05 Å². The molecule has 0 saturated carbocycles. The largest absolute Gasteiger partial charge is 0.342 e. The van der Waals surface area contributed by atoms with Crippen LogP contribution in [0, 0.1) is 0 Å². The number of aryl methyl sites for hydroxylation is 1. The average Bonchev–Trinajstić information content (AvgIpc) is 3.42. The SMILES string of the molecule is Cn1c2ccccc2c2ccc3c(c21)N=C1C3c2ccccc2N1c1ccccc1. The summed E-state index contributed by atoms with van der Waals surface area (Å²) >= 11 is 0. The Bertz CT molecular complexity index is 1510. The molecule has 0 N–H and O–H groups in total. The third kappa shape index (κ3) is 1.87. The Morgan fingerprint density at radius 1 is 0.700 bits per heavy atom. The Morgan fingerprint density at radius 2 is 1.47 bits per heavy atom. The molecule has 0 saturated heterocycles. The molecule has 0 spiro atoms. The molecule has 3 nitrogen and oxygen atoms in total. The summed E-state index contributed by atoms with van der Waals surface area (Å²) in [5.74, 6) is 1.29. The van der Waals surface area contributed by atoms with Crippen LogP contribution in [-0.4, -0.2) is 10.4 Å². The van der Waals surface area contributed by atoms with Gasteiger partial charge in [0.15, 0.2) is 0 Å². The summed E-state index contributed by atoms with van der Waals surface area (Å²) in [6.45, 7) is 0. The van der Waals surface area contributed by atoms with Crippen LogP contribution in [0.15, 0.2) is 96.0 Å². The summed E-state index contributed by atoms with van der Waals surface area (Å²) in [6.07, 6.45) is 0. The van der Waals surface area contributed by atoms with Crippen molar-refractivity contribution in [3.63, 3.8) is 0 Å². The van der Waals surface area contributed by atoms with Gasteiger partial charge in [-0.3, -0.25) is 4.90 Å². The molecule has 3 heteroatoms. The molecule has 30 heavy (non-hydrogen) atoms. The third-order valence-electron chi connectivity index (χ3n) is 6.60. The van der Waals surface area contributed by atoms with Gasteiger partial charge >= 0.3 is 0 Å². The summed E-state index contributed by atoms with van der Waals surface area (Å²) in [6, 6.07) is 32.5. The maximum Gasteiger partial charge on any atom is 0.126 e. The van der Waals surface area contributed by atoms with Crippen molar-refractivity contribution in [1.29, 1.82) is 0 Å². The van der Waals surface area contributed by atoms with E-state index in [4.69, 9.17) is 4.99 Å².